The van der Waals surface area contributed by atoms with Crippen LogP contribution >= 0.6 is 11.6 Å². The third kappa shape index (κ3) is 114. The van der Waals surface area contributed by atoms with Gasteiger partial charge in [-0.15, -0.1) is 5.88 Å². The molecule has 1 rings (SSSR count). The second kappa shape index (κ2) is 53.1. The molecule has 0 unspecified atom stereocenters. The molecule has 1 aromatic rings. The third-order valence-electron chi connectivity index (χ3n) is 2.92. The maximum absolute atomic E-state index is 5.13. The van der Waals surface area contributed by atoms with E-state index >= 15 is 0 Å². The lowest BCUT2D eigenvalue weighted by Gasteiger charge is -2.04. The number of unbranched alkanes of at least 4 members (excludes halogenated alkanes) is 2. The van der Waals surface area contributed by atoms with E-state index < -0.39 is 0 Å². The van der Waals surface area contributed by atoms with Crippen LogP contribution in [0.5, 0.6) is 0 Å². The smallest absolute Gasteiger partial charge is 0.0616 e. The van der Waals surface area contributed by atoms with Crippen molar-refractivity contribution >= 4 is 11.6 Å². The van der Waals surface area contributed by atoms with Gasteiger partial charge in [0.2, 0.25) is 0 Å². The van der Waals surface area contributed by atoms with Gasteiger partial charge in [-0.25, -0.2) is 0 Å². The summed E-state index contributed by atoms with van der Waals surface area (Å²) in [6.07, 6.45) is 15.9. The van der Waals surface area contributed by atoms with Crippen LogP contribution < -0.4 is 0 Å². The average Bonchev–Trinajstić information content (AvgIpc) is 2.81. The van der Waals surface area contributed by atoms with Gasteiger partial charge in [-0.1, -0.05) is 63.6 Å². The molecule has 0 saturated heterocycles. The van der Waals surface area contributed by atoms with Gasteiger partial charge in [0, 0.05) is 0 Å². The summed E-state index contributed by atoms with van der Waals surface area (Å²) in [6, 6.07) is 10.5. The molecule has 204 valence electrons. The van der Waals surface area contributed by atoms with Crippen LogP contribution in [-0.2, 0) is 6.42 Å². The van der Waals surface area contributed by atoms with Gasteiger partial charge in [0.05, 0.1) is 0 Å². The van der Waals surface area contributed by atoms with E-state index in [4.69, 9.17) is 11.6 Å². The Morgan fingerprint density at radius 1 is 0.727 bits per heavy atom. The first-order valence-corrected chi connectivity index (χ1v) is 13.1. The molecule has 0 atom stereocenters. The molecule has 0 aliphatic carbocycles. The van der Waals surface area contributed by atoms with Gasteiger partial charge >= 0.3 is 0 Å². The quantitative estimate of drug-likeness (QED) is 0.279. The van der Waals surface area contributed by atoms with E-state index in [9.17, 15) is 0 Å². The molecule has 33 heavy (non-hydrogen) atoms. The van der Waals surface area contributed by atoms with Gasteiger partial charge in [0.1, 0.15) is 0 Å². The topological polar surface area (TPSA) is 0 Å². The number of rotatable bonds is 6. The minimum Gasteiger partial charge on any atom is -0.335 e. The number of halogens is 1. The molecular formula is C32H62Cl-7. The molecule has 0 amide bonds. The van der Waals surface area contributed by atoms with Crippen molar-refractivity contribution in [1.82, 2.24) is 0 Å². The summed E-state index contributed by atoms with van der Waals surface area (Å²) in [7, 11) is 0. The summed E-state index contributed by atoms with van der Waals surface area (Å²) in [5.74, 6) is 2.84. The molecule has 0 aliphatic rings. The van der Waals surface area contributed by atoms with Crippen molar-refractivity contribution in [2.24, 2.45) is 5.92 Å². The first-order valence-electron chi connectivity index (χ1n) is 12.6. The van der Waals surface area contributed by atoms with E-state index in [-0.39, 0.29) is 0 Å². The Balaban J connectivity index is -0.0000000674. The van der Waals surface area contributed by atoms with Crippen LogP contribution in [0.3, 0.4) is 0 Å². The van der Waals surface area contributed by atoms with E-state index in [1.54, 1.807) is 0 Å². The Morgan fingerprint density at radius 3 is 1.15 bits per heavy atom. The minimum atomic E-state index is 0.667. The number of hydrogen-bond acceptors (Lipinski definition) is 0. The molecule has 0 spiro atoms. The number of benzene rings is 1. The van der Waals surface area contributed by atoms with E-state index in [2.05, 4.69) is 126 Å². The van der Waals surface area contributed by atoms with Crippen LogP contribution in [0.25, 0.3) is 0 Å². The number of hydrogen-bond donors (Lipinski definition) is 0. The summed E-state index contributed by atoms with van der Waals surface area (Å²) in [4.78, 5) is 0. The van der Waals surface area contributed by atoms with Crippen LogP contribution in [0.15, 0.2) is 30.3 Å². The Morgan fingerprint density at radius 2 is 1.00 bits per heavy atom. The van der Waals surface area contributed by atoms with Crippen molar-refractivity contribution in [3.8, 4) is 0 Å². The summed E-state index contributed by atoms with van der Waals surface area (Å²) in [6.45, 7) is 29.0. The Hall–Kier alpha value is -0.490. The van der Waals surface area contributed by atoms with Gasteiger partial charge in [0.15, 0.2) is 0 Å². The minimum absolute atomic E-state index is 0.667. The average molecular weight is 482 g/mol. The van der Waals surface area contributed by atoms with Crippen molar-refractivity contribution in [2.75, 3.05) is 5.88 Å². The van der Waals surface area contributed by atoms with E-state index in [0.717, 1.165) is 12.3 Å². The lowest BCUT2D eigenvalue weighted by Crippen LogP contribution is -1.79. The largest absolute Gasteiger partial charge is 0.335 e. The summed E-state index contributed by atoms with van der Waals surface area (Å²) in [5.41, 5.74) is 1.39. The van der Waals surface area contributed by atoms with Crippen LogP contribution in [-0.4, -0.2) is 5.88 Å². The van der Waals surface area contributed by atoms with Gasteiger partial charge in [-0.2, -0.15) is 106 Å². The molecule has 0 aliphatic heterocycles. The fourth-order valence-corrected chi connectivity index (χ4v) is 0.850. The lowest BCUT2D eigenvalue weighted by molar-refractivity contribution is 0.762. The van der Waals surface area contributed by atoms with E-state index in [1.165, 1.54) is 24.3 Å². The highest BCUT2D eigenvalue weighted by Crippen LogP contribution is 1.99. The summed E-state index contributed by atoms with van der Waals surface area (Å²) < 4.78 is 0. The van der Waals surface area contributed by atoms with E-state index in [1.807, 2.05) is 39.7 Å². The fourth-order valence-electron chi connectivity index (χ4n) is 0.850. The van der Waals surface area contributed by atoms with Crippen molar-refractivity contribution in [2.45, 2.75) is 116 Å². The maximum Gasteiger partial charge on any atom is -0.0616 e. The predicted molar refractivity (Wildman–Crippen MR) is 162 cm³/mol. The van der Waals surface area contributed by atoms with Gasteiger partial charge in [-0.05, 0) is 0 Å². The highest BCUT2D eigenvalue weighted by atomic mass is 35.5. The van der Waals surface area contributed by atoms with E-state index in [0.29, 0.717) is 5.88 Å². The van der Waals surface area contributed by atoms with Gasteiger partial charge < -0.3 is 44.4 Å². The van der Waals surface area contributed by atoms with Crippen molar-refractivity contribution in [3.63, 3.8) is 0 Å². The summed E-state index contributed by atoms with van der Waals surface area (Å²) >= 11 is 5.13. The highest BCUT2D eigenvalue weighted by molar-refractivity contribution is 6.18. The predicted octanol–water partition coefficient (Wildman–Crippen LogP) is 11.9. The molecule has 0 fully saturated rings. The molecule has 1 heteroatoms. The monoisotopic (exact) mass is 481 g/mol. The van der Waals surface area contributed by atoms with Crippen LogP contribution in [0, 0.1) is 50.4 Å². The molecule has 0 saturated carbocycles. The van der Waals surface area contributed by atoms with Crippen molar-refractivity contribution in [3.05, 3.63) is 80.3 Å². The van der Waals surface area contributed by atoms with Crippen LogP contribution in [0.4, 0.5) is 0 Å². The molecule has 0 heterocycles. The molecular weight excluding hydrogens is 420 g/mol. The molecule has 0 N–H and O–H groups in total. The van der Waals surface area contributed by atoms with Crippen LogP contribution in [0.2, 0.25) is 0 Å². The third-order valence-corrected chi connectivity index (χ3v) is 3.23. The normalized spacial score (nSPS) is 8.39. The second-order valence-corrected chi connectivity index (χ2v) is 8.26. The maximum atomic E-state index is 5.13. The standard InChI is InChI=1S/C9H11.C5H11.3C4H9.C3H6Cl.C3H7/c1-2-6-9-7-4-3-5-8-9;1-4-5(2)3;1-4(2)3;2*1-3-4-2;1-2-3-4;1-3-2/h2-5,7-8H,6H2,1H3;4-5H,1-3H3;1-3H3;2*3H,4H2,1-2H3;2H,3H2,1H3;3H,1-2H3/q7*-1. The zero-order chi connectivity index (χ0) is 27.3. The van der Waals surface area contributed by atoms with Gasteiger partial charge in [0.25, 0.3) is 0 Å². The SMILES string of the molecule is C[C-](C)C.C[CH-]C.C[CH-]C(C)C.C[CH-]CC.C[CH-]CC.C[CH-]CCl.C[CH-]Cc1ccccc1. The molecule has 1 aromatic carbocycles. The first-order chi connectivity index (χ1) is 15.6. The second-order valence-electron chi connectivity index (χ2n) is 7.95. The zero-order valence-corrected chi connectivity index (χ0v) is 25.9. The first kappa shape index (κ1) is 45.9. The Kier molecular flexibility index (Phi) is 73.9. The Bertz CT molecular complexity index is 311. The van der Waals surface area contributed by atoms with Gasteiger partial charge in [-0.3, -0.25) is 0 Å². The lowest BCUT2D eigenvalue weighted by atomic mass is 10.1. The zero-order valence-electron chi connectivity index (χ0n) is 25.1. The summed E-state index contributed by atoms with van der Waals surface area (Å²) in [5, 5.41) is 0. The molecule has 0 bridgehead atoms. The van der Waals surface area contributed by atoms with Crippen molar-refractivity contribution in [1.29, 1.82) is 0 Å². The Labute approximate surface area is 219 Å². The molecule has 0 radical (unpaired) electrons. The molecule has 0 aromatic heterocycles. The fraction of sp³-hybridized carbons (Fsp3) is 0.594. The van der Waals surface area contributed by atoms with Crippen LogP contribution in [0.1, 0.15) is 115 Å². The highest BCUT2D eigenvalue weighted by Gasteiger charge is 1.78. The van der Waals surface area contributed by atoms with Crippen molar-refractivity contribution < 1.29 is 0 Å². The molecule has 0 nitrogen and oxygen atoms in total. The number of alkyl halides is 1.